The lowest BCUT2D eigenvalue weighted by Gasteiger charge is -2.46. The molecule has 17 aromatic carbocycles. The van der Waals surface area contributed by atoms with Gasteiger partial charge >= 0.3 is 0 Å². The summed E-state index contributed by atoms with van der Waals surface area (Å²) >= 11 is 0. The van der Waals surface area contributed by atoms with E-state index < -0.39 is 65.9 Å². The highest BCUT2D eigenvalue weighted by Gasteiger charge is 2.47. The second-order valence-electron chi connectivity index (χ2n) is 31.2. The molecule has 21 rings (SSSR count). The third-order valence-electron chi connectivity index (χ3n) is 22.6. The van der Waals surface area contributed by atoms with Gasteiger partial charge in [-0.1, -0.05) is 326 Å². The zero-order chi connectivity index (χ0) is 86.6. The van der Waals surface area contributed by atoms with Crippen LogP contribution in [0, 0.1) is 0 Å². The zero-order valence-corrected chi connectivity index (χ0v) is 62.0. The van der Waals surface area contributed by atoms with Crippen molar-refractivity contribution < 1.29 is 19.2 Å². The summed E-state index contributed by atoms with van der Waals surface area (Å²) < 4.78 is 142. The number of rotatable bonds is 10. The first-order valence-electron chi connectivity index (χ1n) is 44.9. The van der Waals surface area contributed by atoms with Crippen LogP contribution < -0.4 is 26.2 Å². The van der Waals surface area contributed by atoms with E-state index in [1.807, 2.05) is 54.6 Å². The molecule has 0 bridgehead atoms. The summed E-state index contributed by atoms with van der Waals surface area (Å²) in [5, 5.41) is 4.41. The van der Waals surface area contributed by atoms with Gasteiger partial charge in [-0.05, 0) is 189 Å². The Hall–Kier alpha value is -13.5. The first kappa shape index (κ1) is 52.5. The SMILES string of the molecule is [2H]c1c([2H])c([2H])c2c(c1[2H])c1c([2H])c(-c3ccccc3)c([2H])c([2H])c1n2-c1ccc2c(c1)N(c1c(-c3ccccc3)cc(C(C)(C)C)cc1-c1ccccc1)c1cc(C(C)(C)C)cc3c1B2c1ccc(-n2c4c([2H])c([2H])c([2H])c([2H])c4c4c([2H])c(-c5ccccc5)c([2H])c([2H])c42)cc1N3c1c(-c2ccccc2)cccc1-c1cccc2ccc3ccccc3c12. The molecule has 0 saturated heterocycles. The predicted octanol–water partition coefficient (Wildman–Crippen LogP) is 26.9. The second kappa shape index (κ2) is 25.6. The van der Waals surface area contributed by atoms with Crippen molar-refractivity contribution in [2.24, 2.45) is 0 Å². The van der Waals surface area contributed by atoms with Gasteiger partial charge in [0, 0.05) is 77.9 Å². The monoisotopic (exact) mass is 1430 g/mol. The van der Waals surface area contributed by atoms with E-state index in [-0.39, 0.29) is 91.0 Å². The van der Waals surface area contributed by atoms with Gasteiger partial charge in [-0.3, -0.25) is 0 Å². The summed E-state index contributed by atoms with van der Waals surface area (Å²) in [4.78, 5) is 4.79. The average Bonchev–Trinajstić information content (AvgIpc) is 1.56. The number of para-hydroxylation sites is 3. The van der Waals surface area contributed by atoms with Crippen LogP contribution in [-0.2, 0) is 10.8 Å². The summed E-state index contributed by atoms with van der Waals surface area (Å²) in [6.07, 6.45) is 0. The number of hydrogen-bond acceptors (Lipinski definition) is 2. The molecule has 2 aromatic heterocycles. The highest BCUT2D eigenvalue weighted by atomic mass is 15.2. The van der Waals surface area contributed by atoms with Crippen molar-refractivity contribution in [3.05, 3.63) is 381 Å². The summed E-state index contributed by atoms with van der Waals surface area (Å²) in [7, 11) is 0. The van der Waals surface area contributed by atoms with Crippen LogP contribution in [0.25, 0.3) is 143 Å². The highest BCUT2D eigenvalue weighted by Crippen LogP contribution is 2.56. The van der Waals surface area contributed by atoms with E-state index in [4.69, 9.17) is 0 Å². The van der Waals surface area contributed by atoms with Gasteiger partial charge in [0.2, 0.25) is 0 Å². The molecule has 0 fully saturated rings. The van der Waals surface area contributed by atoms with Crippen molar-refractivity contribution in [2.45, 2.75) is 52.4 Å². The molecule has 5 heteroatoms. The van der Waals surface area contributed by atoms with Crippen LogP contribution in [0.2, 0.25) is 0 Å². The Morgan fingerprint density at radius 3 is 1.18 bits per heavy atom. The Kier molecular flexibility index (Phi) is 12.1. The molecule has 4 nitrogen and oxygen atoms in total. The molecule has 526 valence electrons. The summed E-state index contributed by atoms with van der Waals surface area (Å²) in [6, 6.07) is 91.3. The molecule has 4 heterocycles. The normalized spacial score (nSPS) is 14.5. The lowest BCUT2D eigenvalue weighted by atomic mass is 9.33. The number of nitrogens with zero attached hydrogens (tertiary/aromatic N) is 4. The highest BCUT2D eigenvalue weighted by molar-refractivity contribution is 7.00. The molecule has 0 spiro atoms. The van der Waals surface area contributed by atoms with Gasteiger partial charge in [0.15, 0.2) is 0 Å². The molecule has 0 radical (unpaired) electrons. The molecule has 111 heavy (non-hydrogen) atoms. The van der Waals surface area contributed by atoms with E-state index in [0.717, 1.165) is 116 Å². The quantitative estimate of drug-likeness (QED) is 0.100. The minimum atomic E-state index is -0.747. The Balaban J connectivity index is 0.969. The number of benzene rings is 17. The molecule has 2 aliphatic rings. The molecule has 0 aliphatic carbocycles. The second-order valence-corrected chi connectivity index (χ2v) is 31.2. The van der Waals surface area contributed by atoms with Crippen LogP contribution in [0.3, 0.4) is 0 Å². The summed E-state index contributed by atoms with van der Waals surface area (Å²) in [5.41, 5.74) is 17.3. The minimum Gasteiger partial charge on any atom is -0.310 e. The first-order chi connectivity index (χ1) is 60.2. The van der Waals surface area contributed by atoms with Crippen molar-refractivity contribution in [3.8, 4) is 78.1 Å². The van der Waals surface area contributed by atoms with Crippen LogP contribution in [-0.4, -0.2) is 15.8 Å². The fraction of sp³-hybridized carbons (Fsp3) is 0.0755. The van der Waals surface area contributed by atoms with Crippen molar-refractivity contribution in [1.29, 1.82) is 0 Å². The summed E-state index contributed by atoms with van der Waals surface area (Å²) in [6.45, 7) is 12.6. The van der Waals surface area contributed by atoms with Crippen molar-refractivity contribution in [2.75, 3.05) is 9.80 Å². The van der Waals surface area contributed by atoms with Crippen LogP contribution in [0.15, 0.2) is 370 Å². The minimum absolute atomic E-state index is 0.0230. The fourth-order valence-electron chi connectivity index (χ4n) is 17.3. The molecule has 0 unspecified atom stereocenters. The van der Waals surface area contributed by atoms with E-state index in [0.29, 0.717) is 33.9 Å². The van der Waals surface area contributed by atoms with Crippen molar-refractivity contribution in [3.63, 3.8) is 0 Å². The molecule has 0 amide bonds. The lowest BCUT2D eigenvalue weighted by molar-refractivity contribution is 0.590. The van der Waals surface area contributed by atoms with E-state index in [9.17, 15) is 19.2 Å². The van der Waals surface area contributed by atoms with Crippen molar-refractivity contribution in [1.82, 2.24) is 9.13 Å². The largest absolute Gasteiger partial charge is 0.310 e. The number of anilines is 6. The third kappa shape index (κ3) is 10.7. The van der Waals surface area contributed by atoms with Gasteiger partial charge in [0.05, 0.1) is 52.6 Å². The maximum atomic E-state index is 10.4. The van der Waals surface area contributed by atoms with Gasteiger partial charge in [0.1, 0.15) is 0 Å². The maximum Gasteiger partial charge on any atom is 0.252 e. The van der Waals surface area contributed by atoms with Crippen LogP contribution in [0.4, 0.5) is 34.1 Å². The fourth-order valence-corrected chi connectivity index (χ4v) is 17.3. The predicted molar refractivity (Wildman–Crippen MR) is 474 cm³/mol. The van der Waals surface area contributed by atoms with Crippen LogP contribution >= 0.6 is 0 Å². The first-order valence-corrected chi connectivity index (χ1v) is 37.9. The molecule has 0 atom stereocenters. The van der Waals surface area contributed by atoms with Gasteiger partial charge in [-0.25, -0.2) is 0 Å². The molecular weight excluding hydrogens is 1340 g/mol. The Labute approximate surface area is 668 Å². The molecule has 0 saturated carbocycles. The number of aromatic nitrogens is 2. The van der Waals surface area contributed by atoms with Gasteiger partial charge in [-0.15, -0.1) is 0 Å². The van der Waals surface area contributed by atoms with E-state index in [1.54, 1.807) is 57.7 Å². The van der Waals surface area contributed by atoms with Gasteiger partial charge in [0.25, 0.3) is 6.71 Å². The Morgan fingerprint density at radius 1 is 0.279 bits per heavy atom. The lowest BCUT2D eigenvalue weighted by Crippen LogP contribution is -2.61. The standard InChI is InChI=1S/C106H79BN4/c1-105(2,3)77-62-87(71-36-18-10-19-37-71)104(88(63-77)72-38-20-11-21-39-72)111-98-67-80(109-94-49-27-25-44-84(94)90-61-76(53-59-96(90)109)69-32-14-8-15-33-69)55-57-92(98)107-91-56-54-79(108-93-48-26-24-43-83(93)89-60-75(52-58-95(89)108)68-30-12-7-13-31-68)66-97(91)110(99-64-78(106(4,5)6)65-100(111)102(99)107)103-82(70-34-16-9-17-35-70)45-29-47-86(103)85-46-28-41-74-51-50-73-40-22-23-42-81(73)101(74)85/h7-67H,1-6H3/i24D,25D,26D,27D,43D,44D,48D,49D,52D,53D,58D,59D,60D,61D. The zero-order valence-electron chi connectivity index (χ0n) is 76.0. The number of hydrogen-bond donors (Lipinski definition) is 0. The van der Waals surface area contributed by atoms with Crippen molar-refractivity contribution >= 4 is 122 Å². The third-order valence-corrected chi connectivity index (χ3v) is 22.6. The molecular formula is C106H79BN4. The van der Waals surface area contributed by atoms with Gasteiger partial charge in [-0.2, -0.15) is 0 Å². The molecule has 2 aliphatic heterocycles. The Bertz CT molecular complexity index is 7800. The summed E-state index contributed by atoms with van der Waals surface area (Å²) in [5.74, 6) is 0. The van der Waals surface area contributed by atoms with E-state index >= 15 is 0 Å². The molecule has 0 N–H and O–H groups in total. The Morgan fingerprint density at radius 2 is 0.676 bits per heavy atom. The molecule has 19 aromatic rings. The van der Waals surface area contributed by atoms with E-state index in [1.165, 1.54) is 0 Å². The smallest absolute Gasteiger partial charge is 0.252 e. The average molecular weight is 1430 g/mol. The maximum absolute atomic E-state index is 10.4. The van der Waals surface area contributed by atoms with Crippen LogP contribution in [0.1, 0.15) is 71.9 Å². The van der Waals surface area contributed by atoms with Crippen LogP contribution in [0.5, 0.6) is 0 Å². The number of fused-ring (bicyclic) bond motifs is 13. The van der Waals surface area contributed by atoms with E-state index in [2.05, 4.69) is 233 Å². The topological polar surface area (TPSA) is 16.3 Å². The van der Waals surface area contributed by atoms with Gasteiger partial charge < -0.3 is 18.9 Å².